The lowest BCUT2D eigenvalue weighted by atomic mass is 10.1. The van der Waals surface area contributed by atoms with Crippen LogP contribution in [0.1, 0.15) is 12.8 Å². The summed E-state index contributed by atoms with van der Waals surface area (Å²) in [5.41, 5.74) is 2.18. The minimum Gasteiger partial charge on any atom is -0.474 e. The first-order valence-corrected chi connectivity index (χ1v) is 7.97. The van der Waals surface area contributed by atoms with Gasteiger partial charge in [0.25, 0.3) is 5.56 Å². The fourth-order valence-corrected chi connectivity index (χ4v) is 2.88. The molecule has 24 heavy (non-hydrogen) atoms. The Bertz CT molecular complexity index is 925. The molecule has 1 fully saturated rings. The van der Waals surface area contributed by atoms with Crippen LogP contribution < -0.4 is 10.3 Å². The third-order valence-electron chi connectivity index (χ3n) is 4.27. The van der Waals surface area contributed by atoms with E-state index in [0.717, 1.165) is 29.3 Å². The van der Waals surface area contributed by atoms with Crippen molar-refractivity contribution in [2.24, 2.45) is 7.05 Å². The molecule has 0 saturated carbocycles. The van der Waals surface area contributed by atoms with Gasteiger partial charge in [0.2, 0.25) is 5.88 Å². The van der Waals surface area contributed by atoms with E-state index in [-0.39, 0.29) is 11.7 Å². The van der Waals surface area contributed by atoms with Gasteiger partial charge in [-0.3, -0.25) is 9.89 Å². The molecule has 0 unspecified atom stereocenters. The molecule has 0 bridgehead atoms. The van der Waals surface area contributed by atoms with Crippen LogP contribution >= 0.6 is 0 Å². The highest BCUT2D eigenvalue weighted by Crippen LogP contribution is 2.32. The van der Waals surface area contributed by atoms with E-state index in [9.17, 15) is 4.79 Å². The van der Waals surface area contributed by atoms with E-state index in [4.69, 9.17) is 9.47 Å². The van der Waals surface area contributed by atoms with E-state index in [0.29, 0.717) is 24.8 Å². The van der Waals surface area contributed by atoms with Gasteiger partial charge in [-0.2, -0.15) is 5.10 Å². The lowest BCUT2D eigenvalue weighted by molar-refractivity contribution is 0.0244. The molecule has 4 heterocycles. The number of aryl methyl sites for hydroxylation is 1. The summed E-state index contributed by atoms with van der Waals surface area (Å²) in [6.45, 7) is 1.40. The molecule has 7 heteroatoms. The third-order valence-corrected chi connectivity index (χ3v) is 4.27. The number of nitrogens with one attached hydrogen (secondary N) is 1. The Hall–Kier alpha value is -2.67. The zero-order chi connectivity index (χ0) is 16.5. The molecule has 0 radical (unpaired) electrons. The second-order valence-corrected chi connectivity index (χ2v) is 5.91. The van der Waals surface area contributed by atoms with Gasteiger partial charge in [0, 0.05) is 43.9 Å². The molecule has 7 nitrogen and oxygen atoms in total. The number of hydrogen-bond donors (Lipinski definition) is 1. The van der Waals surface area contributed by atoms with Crippen LogP contribution in [0.25, 0.3) is 22.2 Å². The van der Waals surface area contributed by atoms with Crippen LogP contribution in [-0.2, 0) is 11.8 Å². The van der Waals surface area contributed by atoms with E-state index >= 15 is 0 Å². The van der Waals surface area contributed by atoms with Crippen LogP contribution in [0.2, 0.25) is 0 Å². The molecule has 3 aromatic heterocycles. The van der Waals surface area contributed by atoms with Gasteiger partial charge in [-0.05, 0) is 12.1 Å². The van der Waals surface area contributed by atoms with Crippen molar-refractivity contribution in [3.63, 3.8) is 0 Å². The second kappa shape index (κ2) is 6.09. The van der Waals surface area contributed by atoms with Gasteiger partial charge in [0.1, 0.15) is 11.8 Å². The summed E-state index contributed by atoms with van der Waals surface area (Å²) < 4.78 is 13.0. The molecular formula is C17H18N4O3. The van der Waals surface area contributed by atoms with Crippen LogP contribution in [0.3, 0.4) is 0 Å². The van der Waals surface area contributed by atoms with Crippen LogP contribution in [0.5, 0.6) is 5.88 Å². The Morgan fingerprint density at radius 3 is 2.96 bits per heavy atom. The van der Waals surface area contributed by atoms with Crippen molar-refractivity contribution in [2.75, 3.05) is 13.2 Å². The lowest BCUT2D eigenvalue weighted by Gasteiger charge is -2.23. The van der Waals surface area contributed by atoms with Gasteiger partial charge in [-0.15, -0.1) is 0 Å². The number of pyridine rings is 2. The first kappa shape index (κ1) is 14.9. The maximum Gasteiger partial charge on any atom is 0.250 e. The topological polar surface area (TPSA) is 82.0 Å². The number of nitrogens with zero attached hydrogens (tertiary/aromatic N) is 3. The van der Waals surface area contributed by atoms with Crippen LogP contribution in [0.4, 0.5) is 0 Å². The fraction of sp³-hybridized carbons (Fsp3) is 0.353. The molecular weight excluding hydrogens is 308 g/mol. The Morgan fingerprint density at radius 2 is 2.17 bits per heavy atom. The molecule has 4 rings (SSSR count). The molecule has 3 aromatic rings. The molecule has 1 aliphatic heterocycles. The number of aromatic nitrogens is 4. The maximum atomic E-state index is 11.9. The van der Waals surface area contributed by atoms with Crippen molar-refractivity contribution in [1.82, 2.24) is 19.7 Å². The first-order chi connectivity index (χ1) is 11.7. The van der Waals surface area contributed by atoms with Crippen LogP contribution in [0, 0.1) is 0 Å². The summed E-state index contributed by atoms with van der Waals surface area (Å²) in [6.07, 6.45) is 5.20. The number of fused-ring (bicyclic) bond motifs is 1. The minimum absolute atomic E-state index is 0.0839. The Balaban J connectivity index is 1.78. The van der Waals surface area contributed by atoms with Gasteiger partial charge in [0.15, 0.2) is 0 Å². The van der Waals surface area contributed by atoms with Gasteiger partial charge in [-0.25, -0.2) is 4.98 Å². The minimum atomic E-state index is -0.0839. The van der Waals surface area contributed by atoms with Crippen LogP contribution in [-0.4, -0.2) is 39.1 Å². The monoisotopic (exact) mass is 326 g/mol. The summed E-state index contributed by atoms with van der Waals surface area (Å²) >= 11 is 0. The van der Waals surface area contributed by atoms with Crippen molar-refractivity contribution >= 4 is 10.9 Å². The largest absolute Gasteiger partial charge is 0.474 e. The number of hydrogen-bond acceptors (Lipinski definition) is 5. The van der Waals surface area contributed by atoms with Crippen molar-refractivity contribution in [1.29, 1.82) is 0 Å². The average molecular weight is 326 g/mol. The SMILES string of the molecule is Cn1ccc(-c2n[nH]c3ccnc(OC4CCOCC4)c23)cc1=O. The standard InChI is InChI=1S/C17H18N4O3/c1-21-7-3-11(10-14(21)22)16-15-13(19-20-16)2-6-18-17(15)24-12-4-8-23-9-5-12/h2-3,6-7,10,12H,4-5,8-9H2,1H3,(H,19,20). The van der Waals surface area contributed by atoms with E-state index < -0.39 is 0 Å². The highest BCUT2D eigenvalue weighted by atomic mass is 16.5. The predicted molar refractivity (Wildman–Crippen MR) is 89.0 cm³/mol. The molecule has 0 spiro atoms. The highest BCUT2D eigenvalue weighted by molar-refractivity contribution is 5.96. The smallest absolute Gasteiger partial charge is 0.250 e. The summed E-state index contributed by atoms with van der Waals surface area (Å²) in [5.74, 6) is 0.545. The molecule has 124 valence electrons. The van der Waals surface area contributed by atoms with Gasteiger partial charge < -0.3 is 14.0 Å². The molecule has 0 aliphatic carbocycles. The zero-order valence-corrected chi connectivity index (χ0v) is 13.4. The number of H-pyrrole nitrogens is 1. The molecule has 1 N–H and O–H groups in total. The number of ether oxygens (including phenoxy) is 2. The Morgan fingerprint density at radius 1 is 1.33 bits per heavy atom. The molecule has 1 saturated heterocycles. The normalized spacial score (nSPS) is 15.7. The molecule has 0 aromatic carbocycles. The first-order valence-electron chi connectivity index (χ1n) is 7.97. The average Bonchev–Trinajstić information content (AvgIpc) is 3.03. The summed E-state index contributed by atoms with van der Waals surface area (Å²) in [5, 5.41) is 8.17. The molecule has 0 amide bonds. The second-order valence-electron chi connectivity index (χ2n) is 5.91. The quantitative estimate of drug-likeness (QED) is 0.795. The van der Waals surface area contributed by atoms with E-state index in [1.165, 1.54) is 4.57 Å². The zero-order valence-electron chi connectivity index (χ0n) is 13.4. The van der Waals surface area contributed by atoms with Crippen molar-refractivity contribution in [2.45, 2.75) is 18.9 Å². The van der Waals surface area contributed by atoms with E-state index in [1.54, 1.807) is 25.5 Å². The molecule has 0 atom stereocenters. The van der Waals surface area contributed by atoms with Crippen molar-refractivity contribution < 1.29 is 9.47 Å². The van der Waals surface area contributed by atoms with Gasteiger partial charge in [0.05, 0.1) is 24.1 Å². The molecule has 1 aliphatic rings. The van der Waals surface area contributed by atoms with Crippen molar-refractivity contribution in [3.05, 3.63) is 40.9 Å². The van der Waals surface area contributed by atoms with Crippen molar-refractivity contribution in [3.8, 4) is 17.1 Å². The fourth-order valence-electron chi connectivity index (χ4n) is 2.88. The Kier molecular flexibility index (Phi) is 3.78. The summed E-state index contributed by atoms with van der Waals surface area (Å²) in [4.78, 5) is 16.3. The number of aromatic amines is 1. The van der Waals surface area contributed by atoms with E-state index in [2.05, 4.69) is 15.2 Å². The van der Waals surface area contributed by atoms with Gasteiger partial charge >= 0.3 is 0 Å². The van der Waals surface area contributed by atoms with E-state index in [1.807, 2.05) is 12.1 Å². The third kappa shape index (κ3) is 2.67. The van der Waals surface area contributed by atoms with Gasteiger partial charge in [-0.1, -0.05) is 0 Å². The van der Waals surface area contributed by atoms with Crippen LogP contribution in [0.15, 0.2) is 35.4 Å². The Labute approximate surface area is 138 Å². The summed E-state index contributed by atoms with van der Waals surface area (Å²) in [7, 11) is 1.72. The highest BCUT2D eigenvalue weighted by Gasteiger charge is 2.20. The maximum absolute atomic E-state index is 11.9. The number of rotatable bonds is 3. The summed E-state index contributed by atoms with van der Waals surface area (Å²) in [6, 6.07) is 5.28. The lowest BCUT2D eigenvalue weighted by Crippen LogP contribution is -2.26. The predicted octanol–water partition coefficient (Wildman–Crippen LogP) is 1.88.